The SMILES string of the molecule is CN(C(=O)c1ccc2c(=O)n(C)c(=S)[nH]c2c1)C1CCC1. The van der Waals surface area contributed by atoms with Gasteiger partial charge in [-0.3, -0.25) is 14.2 Å². The van der Waals surface area contributed by atoms with Crippen molar-refractivity contribution in [1.29, 1.82) is 0 Å². The molecular weight excluding hydrogens is 286 g/mol. The second-order valence-electron chi connectivity index (χ2n) is 5.56. The van der Waals surface area contributed by atoms with Crippen LogP contribution in [0.1, 0.15) is 29.6 Å². The van der Waals surface area contributed by atoms with Gasteiger partial charge in [0.05, 0.1) is 10.9 Å². The molecule has 0 aliphatic heterocycles. The second kappa shape index (κ2) is 5.11. The minimum Gasteiger partial charge on any atom is -0.339 e. The summed E-state index contributed by atoms with van der Waals surface area (Å²) in [6.07, 6.45) is 3.32. The lowest BCUT2D eigenvalue weighted by Gasteiger charge is -2.34. The maximum absolute atomic E-state index is 12.5. The molecule has 1 aromatic carbocycles. The van der Waals surface area contributed by atoms with Gasteiger partial charge in [0.25, 0.3) is 11.5 Å². The molecule has 110 valence electrons. The molecule has 0 unspecified atom stereocenters. The number of nitrogens with one attached hydrogen (secondary N) is 1. The van der Waals surface area contributed by atoms with Crippen molar-refractivity contribution in [3.63, 3.8) is 0 Å². The summed E-state index contributed by atoms with van der Waals surface area (Å²) in [6.45, 7) is 0. The lowest BCUT2D eigenvalue weighted by molar-refractivity contribution is 0.0652. The Morgan fingerprint density at radius 2 is 2.14 bits per heavy atom. The molecule has 1 aromatic heterocycles. The summed E-state index contributed by atoms with van der Waals surface area (Å²) >= 11 is 5.11. The number of benzene rings is 1. The van der Waals surface area contributed by atoms with E-state index in [0.29, 0.717) is 27.3 Å². The molecule has 1 N–H and O–H groups in total. The summed E-state index contributed by atoms with van der Waals surface area (Å²) < 4.78 is 1.74. The number of carbonyl (C=O) groups is 1. The largest absolute Gasteiger partial charge is 0.339 e. The number of fused-ring (bicyclic) bond motifs is 1. The Morgan fingerprint density at radius 1 is 1.43 bits per heavy atom. The highest BCUT2D eigenvalue weighted by Gasteiger charge is 2.26. The maximum Gasteiger partial charge on any atom is 0.261 e. The normalized spacial score (nSPS) is 15.0. The molecule has 1 aliphatic carbocycles. The van der Waals surface area contributed by atoms with E-state index in [0.717, 1.165) is 12.8 Å². The summed E-state index contributed by atoms with van der Waals surface area (Å²) in [4.78, 5) is 29.4. The van der Waals surface area contributed by atoms with Crippen LogP contribution < -0.4 is 5.56 Å². The van der Waals surface area contributed by atoms with Crippen molar-refractivity contribution in [3.8, 4) is 0 Å². The fraction of sp³-hybridized carbons (Fsp3) is 0.400. The molecule has 1 aliphatic rings. The first-order valence-corrected chi connectivity index (χ1v) is 7.40. The summed E-state index contributed by atoms with van der Waals surface area (Å²) in [5.41, 5.74) is 1.03. The molecule has 3 rings (SSSR count). The van der Waals surface area contributed by atoms with Crippen molar-refractivity contribution in [2.75, 3.05) is 7.05 Å². The fourth-order valence-electron chi connectivity index (χ4n) is 2.58. The van der Waals surface area contributed by atoms with Crippen LogP contribution in [-0.4, -0.2) is 33.4 Å². The van der Waals surface area contributed by atoms with Crippen molar-refractivity contribution in [1.82, 2.24) is 14.5 Å². The average Bonchev–Trinajstić information content (AvgIpc) is 2.41. The van der Waals surface area contributed by atoms with E-state index in [9.17, 15) is 9.59 Å². The van der Waals surface area contributed by atoms with Gasteiger partial charge in [0.1, 0.15) is 0 Å². The van der Waals surface area contributed by atoms with Gasteiger partial charge in [0, 0.05) is 25.7 Å². The molecule has 0 bridgehead atoms. The van der Waals surface area contributed by atoms with Gasteiger partial charge in [0.2, 0.25) is 0 Å². The van der Waals surface area contributed by atoms with Gasteiger partial charge in [-0.1, -0.05) is 0 Å². The van der Waals surface area contributed by atoms with E-state index >= 15 is 0 Å². The number of aromatic amines is 1. The highest BCUT2D eigenvalue weighted by atomic mass is 32.1. The van der Waals surface area contributed by atoms with Crippen LogP contribution in [-0.2, 0) is 7.05 Å². The van der Waals surface area contributed by atoms with E-state index in [-0.39, 0.29) is 11.5 Å². The molecule has 2 aromatic rings. The Hall–Kier alpha value is -1.95. The van der Waals surface area contributed by atoms with Gasteiger partial charge >= 0.3 is 0 Å². The minimum absolute atomic E-state index is 0.0124. The van der Waals surface area contributed by atoms with Crippen LogP contribution in [0.3, 0.4) is 0 Å². The fourth-order valence-corrected chi connectivity index (χ4v) is 2.78. The monoisotopic (exact) mass is 303 g/mol. The smallest absolute Gasteiger partial charge is 0.261 e. The van der Waals surface area contributed by atoms with Gasteiger partial charge in [-0.05, 0) is 49.7 Å². The summed E-state index contributed by atoms with van der Waals surface area (Å²) in [5.74, 6) is -0.0124. The lowest BCUT2D eigenvalue weighted by atomic mass is 9.91. The standard InChI is InChI=1S/C15H17N3O2S/c1-17(10-4-3-5-10)13(19)9-6-7-11-12(8-9)16-15(21)18(2)14(11)20/h6-8,10H,3-5H2,1-2H3,(H,16,21). The highest BCUT2D eigenvalue weighted by molar-refractivity contribution is 7.71. The number of amides is 1. The molecule has 5 nitrogen and oxygen atoms in total. The van der Waals surface area contributed by atoms with Gasteiger partial charge in [-0.2, -0.15) is 0 Å². The number of hydrogen-bond donors (Lipinski definition) is 1. The number of carbonyl (C=O) groups excluding carboxylic acids is 1. The second-order valence-corrected chi connectivity index (χ2v) is 5.94. The van der Waals surface area contributed by atoms with E-state index in [1.807, 2.05) is 7.05 Å². The Labute approximate surface area is 127 Å². The molecule has 0 spiro atoms. The third-order valence-electron chi connectivity index (χ3n) is 4.29. The molecule has 0 saturated heterocycles. The Morgan fingerprint density at radius 3 is 2.76 bits per heavy atom. The Kier molecular flexibility index (Phi) is 3.41. The lowest BCUT2D eigenvalue weighted by Crippen LogP contribution is -2.41. The molecule has 1 saturated carbocycles. The average molecular weight is 303 g/mol. The maximum atomic E-state index is 12.5. The van der Waals surface area contributed by atoms with Crippen LogP contribution in [0.2, 0.25) is 0 Å². The number of H-pyrrole nitrogens is 1. The van der Waals surface area contributed by atoms with E-state index in [4.69, 9.17) is 12.2 Å². The summed E-state index contributed by atoms with van der Waals surface area (Å²) in [6, 6.07) is 5.45. The zero-order valence-electron chi connectivity index (χ0n) is 12.0. The first-order chi connectivity index (χ1) is 9.99. The predicted molar refractivity (Wildman–Crippen MR) is 84.1 cm³/mol. The zero-order chi connectivity index (χ0) is 15.1. The van der Waals surface area contributed by atoms with Gasteiger partial charge in [-0.15, -0.1) is 0 Å². The van der Waals surface area contributed by atoms with Gasteiger partial charge in [-0.25, -0.2) is 0 Å². The highest BCUT2D eigenvalue weighted by Crippen LogP contribution is 2.25. The first-order valence-electron chi connectivity index (χ1n) is 6.99. The summed E-state index contributed by atoms with van der Waals surface area (Å²) in [7, 11) is 3.46. The number of hydrogen-bond acceptors (Lipinski definition) is 3. The van der Waals surface area contributed by atoms with Crippen molar-refractivity contribution >= 4 is 29.0 Å². The van der Waals surface area contributed by atoms with Crippen molar-refractivity contribution < 1.29 is 4.79 Å². The van der Waals surface area contributed by atoms with Crippen LogP contribution in [0.4, 0.5) is 0 Å². The van der Waals surface area contributed by atoms with Crippen LogP contribution >= 0.6 is 12.2 Å². The van der Waals surface area contributed by atoms with Crippen LogP contribution in [0.25, 0.3) is 10.9 Å². The van der Waals surface area contributed by atoms with E-state index in [2.05, 4.69) is 4.98 Å². The van der Waals surface area contributed by atoms with E-state index in [1.165, 1.54) is 11.0 Å². The zero-order valence-corrected chi connectivity index (χ0v) is 12.9. The molecule has 0 radical (unpaired) electrons. The Bertz CT molecular complexity index is 833. The molecule has 1 amide bonds. The number of aromatic nitrogens is 2. The van der Waals surface area contributed by atoms with Crippen LogP contribution in [0.5, 0.6) is 0 Å². The van der Waals surface area contributed by atoms with Crippen LogP contribution in [0, 0.1) is 4.77 Å². The molecule has 1 fully saturated rings. The number of rotatable bonds is 2. The van der Waals surface area contributed by atoms with Crippen molar-refractivity contribution in [2.45, 2.75) is 25.3 Å². The quantitative estimate of drug-likeness (QED) is 0.866. The van der Waals surface area contributed by atoms with Crippen molar-refractivity contribution in [3.05, 3.63) is 38.9 Å². The third-order valence-corrected chi connectivity index (χ3v) is 4.67. The molecule has 21 heavy (non-hydrogen) atoms. The van der Waals surface area contributed by atoms with Gasteiger partial charge in [0.15, 0.2) is 4.77 Å². The molecule has 6 heteroatoms. The first kappa shape index (κ1) is 14.0. The molecule has 1 heterocycles. The molecule has 0 atom stereocenters. The topological polar surface area (TPSA) is 58.1 Å². The minimum atomic E-state index is -0.153. The molecular formula is C15H17N3O2S. The third kappa shape index (κ3) is 2.29. The predicted octanol–water partition coefficient (Wildman–Crippen LogP) is 2.22. The van der Waals surface area contributed by atoms with E-state index < -0.39 is 0 Å². The number of nitrogens with zero attached hydrogens (tertiary/aromatic N) is 2. The Balaban J connectivity index is 2.05. The van der Waals surface area contributed by atoms with E-state index in [1.54, 1.807) is 30.1 Å². The van der Waals surface area contributed by atoms with Crippen LogP contribution in [0.15, 0.2) is 23.0 Å². The van der Waals surface area contributed by atoms with Gasteiger partial charge < -0.3 is 9.88 Å². The van der Waals surface area contributed by atoms with Crippen molar-refractivity contribution in [2.24, 2.45) is 7.05 Å². The summed E-state index contributed by atoms with van der Waals surface area (Å²) in [5, 5.41) is 0.536.